The number of nitrogens with one attached hydrogen (secondary N) is 2. The number of carbonyl (C=O) groups is 1. The van der Waals surface area contributed by atoms with Gasteiger partial charge in [-0.3, -0.25) is 0 Å². The molecule has 0 amide bonds. The van der Waals surface area contributed by atoms with Crippen molar-refractivity contribution in [2.24, 2.45) is 0 Å². The van der Waals surface area contributed by atoms with Gasteiger partial charge in [-0.25, -0.2) is 4.79 Å². The van der Waals surface area contributed by atoms with Gasteiger partial charge in [0.1, 0.15) is 34.5 Å². The molecule has 2 aliphatic heterocycles. The Morgan fingerprint density at radius 1 is 0.561 bits per heavy atom. The Morgan fingerprint density at radius 3 is 1.23 bits per heavy atom. The van der Waals surface area contributed by atoms with Gasteiger partial charge in [0, 0.05) is 80.5 Å². The van der Waals surface area contributed by atoms with E-state index in [4.69, 9.17) is 9.90 Å². The highest BCUT2D eigenvalue weighted by molar-refractivity contribution is 6.11. The summed E-state index contributed by atoms with van der Waals surface area (Å²) in [5, 5.41) is 85.6. The second-order valence-corrected chi connectivity index (χ2v) is 14.9. The number of fused-ring (bicyclic) bond motifs is 4. The van der Waals surface area contributed by atoms with E-state index in [0.717, 1.165) is 22.3 Å². The number of aromatic hydroxyl groups is 6. The molecular weight excluding hydrogens is 741 g/mol. The number of hydrogen-bond donors (Lipinski definition) is 9. The van der Waals surface area contributed by atoms with Crippen LogP contribution in [-0.4, -0.2) is 60.0 Å². The van der Waals surface area contributed by atoms with Gasteiger partial charge in [0.25, 0.3) is 0 Å². The van der Waals surface area contributed by atoms with E-state index in [-0.39, 0.29) is 58.7 Å². The first-order valence-corrected chi connectivity index (χ1v) is 18.4. The minimum Gasteiger partial charge on any atom is -0.507 e. The van der Waals surface area contributed by atoms with Gasteiger partial charge < -0.3 is 46.4 Å². The van der Waals surface area contributed by atoms with E-state index in [2.05, 4.69) is 24.5 Å². The summed E-state index contributed by atoms with van der Waals surface area (Å²) in [4.78, 5) is 8.90. The van der Waals surface area contributed by atoms with E-state index in [1.807, 2.05) is 62.4 Å². The molecule has 0 saturated carbocycles. The molecule has 0 saturated heterocycles. The maximum Gasteiger partial charge on any atom is 0.490 e. The first kappa shape index (κ1) is 39.1. The van der Waals surface area contributed by atoms with Gasteiger partial charge in [0.2, 0.25) is 0 Å². The predicted octanol–water partition coefficient (Wildman–Crippen LogP) is 9.05. The number of alkyl halides is 3. The average molecular weight is 783 g/mol. The number of phenols is 6. The van der Waals surface area contributed by atoms with Crippen LogP contribution in [0.2, 0.25) is 0 Å². The van der Waals surface area contributed by atoms with Gasteiger partial charge >= 0.3 is 12.1 Å². The summed E-state index contributed by atoms with van der Waals surface area (Å²) >= 11 is 0. The molecule has 0 radical (unpaired) electrons. The van der Waals surface area contributed by atoms with Gasteiger partial charge in [-0.05, 0) is 85.7 Å². The lowest BCUT2D eigenvalue weighted by Gasteiger charge is -2.32. The lowest BCUT2D eigenvalue weighted by atomic mass is 9.81. The number of phenolic OH excluding ortho intramolecular Hbond substituents is 6. The van der Waals surface area contributed by atoms with Gasteiger partial charge in [0.05, 0.1) is 0 Å². The fourth-order valence-corrected chi connectivity index (χ4v) is 8.73. The highest BCUT2D eigenvalue weighted by atomic mass is 19.4. The van der Waals surface area contributed by atoms with Crippen LogP contribution in [0.5, 0.6) is 34.5 Å². The number of rotatable bonds is 3. The molecule has 0 unspecified atom stereocenters. The van der Waals surface area contributed by atoms with Crippen LogP contribution in [0.25, 0.3) is 54.9 Å². The molecule has 9 N–H and O–H groups in total. The Balaban J connectivity index is 0.000000651. The third kappa shape index (κ3) is 6.76. The Morgan fingerprint density at radius 2 is 0.895 bits per heavy atom. The van der Waals surface area contributed by atoms with Crippen molar-refractivity contribution in [1.29, 1.82) is 0 Å². The number of halogens is 3. The Labute approximate surface area is 325 Å². The number of aliphatic carboxylic acids is 1. The van der Waals surface area contributed by atoms with Crippen molar-refractivity contribution < 1.29 is 53.7 Å². The quantitative estimate of drug-likeness (QED) is 0.0840. The summed E-state index contributed by atoms with van der Waals surface area (Å²) < 4.78 is 31.7. The molecule has 10 nitrogen and oxygen atoms in total. The number of carboxylic acid groups (broad SMARTS) is 1. The first-order chi connectivity index (χ1) is 26.9. The SMILES string of the molecule is C[C@@H]1Cc2c(-c3cc(-c4cc(-c5c(O)cc(O)c6c5C[C@@H](C)N[C@@H]6C)c5ccccc5c4O)c(O)c4ccccc34)c(O)cc(O)c2[C@@H](C)N1.O=C(O)C(F)(F)F. The smallest absolute Gasteiger partial charge is 0.490 e. The molecule has 0 aliphatic carbocycles. The molecule has 6 aromatic rings. The van der Waals surface area contributed by atoms with Crippen molar-refractivity contribution in [3.63, 3.8) is 0 Å². The summed E-state index contributed by atoms with van der Waals surface area (Å²) in [6.07, 6.45) is -3.96. The molecule has 296 valence electrons. The molecule has 6 aromatic carbocycles. The summed E-state index contributed by atoms with van der Waals surface area (Å²) in [5.41, 5.74) is 6.20. The van der Waals surface area contributed by atoms with Crippen molar-refractivity contribution in [2.45, 2.75) is 70.9 Å². The molecule has 57 heavy (non-hydrogen) atoms. The molecule has 0 spiro atoms. The average Bonchev–Trinajstić information content (AvgIpc) is 3.12. The third-order valence-corrected chi connectivity index (χ3v) is 10.9. The lowest BCUT2D eigenvalue weighted by molar-refractivity contribution is -0.192. The van der Waals surface area contributed by atoms with Gasteiger partial charge in [-0.15, -0.1) is 0 Å². The molecule has 0 fully saturated rings. The summed E-state index contributed by atoms with van der Waals surface area (Å²) in [6.45, 7) is 8.10. The third-order valence-electron chi connectivity index (χ3n) is 10.9. The Hall–Kier alpha value is -6.18. The van der Waals surface area contributed by atoms with Crippen molar-refractivity contribution in [3.05, 3.63) is 95.1 Å². The fraction of sp³-hybridized carbons (Fsp3) is 0.250. The highest BCUT2D eigenvalue weighted by Gasteiger charge is 2.38. The van der Waals surface area contributed by atoms with Gasteiger partial charge in [-0.1, -0.05) is 48.5 Å². The van der Waals surface area contributed by atoms with Crippen LogP contribution in [0, 0.1) is 0 Å². The maximum atomic E-state index is 12.0. The maximum absolute atomic E-state index is 12.0. The van der Waals surface area contributed by atoms with E-state index in [1.54, 1.807) is 12.1 Å². The van der Waals surface area contributed by atoms with Crippen molar-refractivity contribution in [3.8, 4) is 67.9 Å². The molecule has 8 rings (SSSR count). The highest BCUT2D eigenvalue weighted by Crippen LogP contribution is 2.53. The summed E-state index contributed by atoms with van der Waals surface area (Å²) in [6, 6.07) is 21.0. The first-order valence-electron chi connectivity index (χ1n) is 18.4. The molecular formula is C44H41F3N2O8. The van der Waals surface area contributed by atoms with E-state index in [1.165, 1.54) is 12.1 Å². The lowest BCUT2D eigenvalue weighted by Crippen LogP contribution is -2.36. The van der Waals surface area contributed by atoms with Gasteiger partial charge in [0.15, 0.2) is 0 Å². The second kappa shape index (κ2) is 14.4. The minimum absolute atomic E-state index is 0.0177. The molecule has 13 heteroatoms. The van der Waals surface area contributed by atoms with Crippen LogP contribution in [0.1, 0.15) is 62.0 Å². The zero-order valence-electron chi connectivity index (χ0n) is 31.3. The zero-order chi connectivity index (χ0) is 41.2. The topological polar surface area (TPSA) is 183 Å². The van der Waals surface area contributed by atoms with Gasteiger partial charge in [-0.2, -0.15) is 13.2 Å². The van der Waals surface area contributed by atoms with Crippen molar-refractivity contribution in [1.82, 2.24) is 10.6 Å². The zero-order valence-corrected chi connectivity index (χ0v) is 31.3. The number of carboxylic acids is 1. The summed E-state index contributed by atoms with van der Waals surface area (Å²) in [7, 11) is 0. The largest absolute Gasteiger partial charge is 0.507 e. The van der Waals surface area contributed by atoms with Crippen LogP contribution < -0.4 is 10.6 Å². The predicted molar refractivity (Wildman–Crippen MR) is 211 cm³/mol. The number of benzene rings is 6. The molecule has 0 aromatic heterocycles. The Kier molecular flexibility index (Phi) is 9.87. The van der Waals surface area contributed by atoms with E-state index in [9.17, 15) is 43.8 Å². The molecule has 2 heterocycles. The normalized spacial score (nSPS) is 19.1. The molecule has 0 bridgehead atoms. The summed E-state index contributed by atoms with van der Waals surface area (Å²) in [5.74, 6) is -2.96. The minimum atomic E-state index is -5.08. The van der Waals surface area contributed by atoms with Crippen LogP contribution in [-0.2, 0) is 17.6 Å². The molecule has 2 aliphatic rings. The van der Waals surface area contributed by atoms with Crippen molar-refractivity contribution in [2.75, 3.05) is 0 Å². The van der Waals surface area contributed by atoms with Crippen LogP contribution >= 0.6 is 0 Å². The van der Waals surface area contributed by atoms with E-state index < -0.39 is 12.1 Å². The van der Waals surface area contributed by atoms with E-state index >= 15 is 0 Å². The van der Waals surface area contributed by atoms with Crippen molar-refractivity contribution >= 4 is 27.5 Å². The monoisotopic (exact) mass is 782 g/mol. The fourth-order valence-electron chi connectivity index (χ4n) is 8.73. The second-order valence-electron chi connectivity index (χ2n) is 14.9. The Bertz CT molecular complexity index is 2440. The molecule has 4 atom stereocenters. The van der Waals surface area contributed by atoms with Crippen LogP contribution in [0.3, 0.4) is 0 Å². The van der Waals surface area contributed by atoms with E-state index in [0.29, 0.717) is 67.8 Å². The van der Waals surface area contributed by atoms with Crippen LogP contribution in [0.4, 0.5) is 13.2 Å². The standard InChI is InChI=1S/C42H40N2O6.C2HF3O2/c1-19-13-31-37(21(3)43-19)33(45)17-35(47)39(31)27-15-29(41(49)25-11-7-5-9-23(25)27)30-16-28(24-10-6-8-12-26(24)42(30)50)40-32-14-20(2)44-22(4)38(32)34(46)18-36(40)48;3-2(4,5)1(6)7/h5-12,15-22,43-50H,13-14H2,1-4H3;(H,6,7)/t19-,20-,21-,22-;/m1./s1. The van der Waals surface area contributed by atoms with Crippen LogP contribution in [0.15, 0.2) is 72.8 Å². The number of hydrogen-bond acceptors (Lipinski definition) is 9.